The molecule has 89 heavy (non-hydrogen) atoms. The van der Waals surface area contributed by atoms with Gasteiger partial charge in [-0.3, -0.25) is 47.8 Å². The average molecular weight is 1250 g/mol. The maximum Gasteiger partial charge on any atom is 0.396 e. The first-order valence-corrected chi connectivity index (χ1v) is 32.0. The monoisotopic (exact) mass is 1250 g/mol. The largest absolute Gasteiger partial charge is 0.396 e. The van der Waals surface area contributed by atoms with Crippen LogP contribution in [0.1, 0.15) is 114 Å². The molecule has 3 aliphatic rings. The van der Waals surface area contributed by atoms with Gasteiger partial charge in [-0.2, -0.15) is 0 Å². The molecule has 22 nitrogen and oxygen atoms in total. The Hall–Kier alpha value is -8.44. The number of fused-ring (bicyclic) bond motifs is 2. The van der Waals surface area contributed by atoms with E-state index in [-0.39, 0.29) is 75.4 Å². The average Bonchev–Trinajstić information content (AvgIpc) is 1.74. The molecular weight excluding hydrogens is 1180 g/mol. The summed E-state index contributed by atoms with van der Waals surface area (Å²) >= 11 is 1.56. The molecule has 3 aliphatic heterocycles. The smallest absolute Gasteiger partial charge is 0.391 e. The third-order valence-electron chi connectivity index (χ3n) is 16.8. The molecule has 5 heterocycles. The summed E-state index contributed by atoms with van der Waals surface area (Å²) in [7, 11) is -5.06. The van der Waals surface area contributed by atoms with E-state index in [4.69, 9.17) is 10.5 Å². The third kappa shape index (κ3) is 14.5. The van der Waals surface area contributed by atoms with E-state index >= 15 is 0 Å². The minimum Gasteiger partial charge on any atom is -0.391 e. The maximum absolute atomic E-state index is 14.6. The number of thiazole rings is 1. The molecule has 7 amide bonds. The molecule has 5 aromatic carbocycles. The van der Waals surface area contributed by atoms with Gasteiger partial charge in [0.15, 0.2) is 0 Å². The van der Waals surface area contributed by atoms with Gasteiger partial charge < -0.3 is 56.5 Å². The summed E-state index contributed by atoms with van der Waals surface area (Å²) in [6, 6.07) is 25.7. The van der Waals surface area contributed by atoms with E-state index in [2.05, 4.69) is 31.2 Å². The molecule has 24 heteroatoms. The van der Waals surface area contributed by atoms with Crippen LogP contribution < -0.4 is 31.9 Å². The van der Waals surface area contributed by atoms with Crippen LogP contribution in [-0.4, -0.2) is 126 Å². The van der Waals surface area contributed by atoms with Gasteiger partial charge in [0.25, 0.3) is 11.4 Å². The van der Waals surface area contributed by atoms with E-state index < -0.39 is 96.4 Å². The number of likely N-dealkylation sites (tertiary alicyclic amines) is 1. The van der Waals surface area contributed by atoms with Gasteiger partial charge in [0.1, 0.15) is 29.9 Å². The number of β-amino-alcohol motifs (C(OH)–C–C–N with tert-alkyl or cyclic N) is 1. The lowest BCUT2D eigenvalue weighted by Crippen LogP contribution is -2.57. The number of nitrogens with two attached hydrogens (primary N) is 1. The van der Waals surface area contributed by atoms with Crippen LogP contribution in [0, 0.1) is 12.3 Å². The number of carbonyl (C=O) groups is 8. The number of aliphatic hydroxyl groups is 1. The SMILES string of the molecule is Cc1ncsc1-c1ccc(CNC(=O)[C@@H]2C[C@@H](O)CN2C(=O)[C@@H](NC(=O)CCc2ccc3cc(CO[C@H](C)[C@H](CCC(N)=O)NC(=O)[C@@H]4Cc5cccc6c5N4C(=O)[C@@H](NC(=O)c4cc5cc(C(=O)P(=O)(O)O)ccc5[nH]4)CC6)ccc3c2)C(C)(C)C)cc1. The Balaban J connectivity index is 0.737. The number of aliphatic hydroxyl groups excluding tert-OH is 1. The Kier molecular flexibility index (Phi) is 18.8. The first kappa shape index (κ1) is 63.6. The highest BCUT2D eigenvalue weighted by Gasteiger charge is 2.46. The van der Waals surface area contributed by atoms with Crippen LogP contribution in [0.2, 0.25) is 0 Å². The molecule has 466 valence electrons. The predicted octanol–water partition coefficient (Wildman–Crippen LogP) is 6.17. The van der Waals surface area contributed by atoms with E-state index in [9.17, 15) is 57.8 Å². The second kappa shape index (κ2) is 26.3. The van der Waals surface area contributed by atoms with Crippen LogP contribution in [-0.2, 0) is 70.5 Å². The summed E-state index contributed by atoms with van der Waals surface area (Å²) < 4.78 is 18.0. The fraction of sp³-hybridized carbons (Fsp3) is 0.369. The molecular formula is C65H72N9O13PS. The molecule has 1 fully saturated rings. The molecule has 0 radical (unpaired) electrons. The fourth-order valence-corrected chi connectivity index (χ4v) is 13.3. The lowest BCUT2D eigenvalue weighted by Gasteiger charge is -2.35. The van der Waals surface area contributed by atoms with Gasteiger partial charge in [0.05, 0.1) is 46.6 Å². The Morgan fingerprint density at radius 3 is 2.26 bits per heavy atom. The van der Waals surface area contributed by atoms with Crippen molar-refractivity contribution in [3.63, 3.8) is 0 Å². The van der Waals surface area contributed by atoms with Crippen LogP contribution in [0.4, 0.5) is 5.69 Å². The molecule has 0 spiro atoms. The molecule has 0 unspecified atom stereocenters. The molecule has 0 aliphatic carbocycles. The van der Waals surface area contributed by atoms with Gasteiger partial charge in [-0.25, -0.2) is 4.98 Å². The summed E-state index contributed by atoms with van der Waals surface area (Å²) in [6.07, 6.45) is -0.164. The van der Waals surface area contributed by atoms with Crippen LogP contribution in [0.15, 0.2) is 109 Å². The van der Waals surface area contributed by atoms with Crippen LogP contribution in [0.25, 0.3) is 32.1 Å². The van der Waals surface area contributed by atoms with Crippen molar-refractivity contribution < 1.29 is 62.6 Å². The number of ether oxygens (including phenoxy) is 1. The Morgan fingerprint density at radius 2 is 1.56 bits per heavy atom. The van der Waals surface area contributed by atoms with Gasteiger partial charge >= 0.3 is 7.60 Å². The van der Waals surface area contributed by atoms with Crippen LogP contribution in [0.3, 0.4) is 0 Å². The first-order valence-electron chi connectivity index (χ1n) is 29.5. The van der Waals surface area contributed by atoms with Crippen molar-refractivity contribution >= 4 is 93.2 Å². The number of aryl methyl sites for hydroxylation is 3. The Bertz CT molecular complexity index is 3970. The summed E-state index contributed by atoms with van der Waals surface area (Å²) in [6.45, 7) is 9.58. The molecule has 7 atom stereocenters. The summed E-state index contributed by atoms with van der Waals surface area (Å²) in [5.74, 6) is -3.41. The van der Waals surface area contributed by atoms with Crippen molar-refractivity contribution in [1.82, 2.24) is 36.1 Å². The van der Waals surface area contributed by atoms with Crippen molar-refractivity contribution in [3.8, 4) is 10.4 Å². The lowest BCUT2D eigenvalue weighted by atomic mass is 9.85. The van der Waals surface area contributed by atoms with E-state index in [1.807, 2.05) is 107 Å². The number of aromatic nitrogens is 2. The number of hydrogen-bond donors (Lipinski definition) is 9. The highest BCUT2D eigenvalue weighted by Crippen LogP contribution is 2.41. The third-order valence-corrected chi connectivity index (χ3v) is 18.6. The second-order valence-corrected chi connectivity index (χ2v) is 26.7. The van der Waals surface area contributed by atoms with E-state index in [0.29, 0.717) is 29.4 Å². The van der Waals surface area contributed by atoms with Crippen molar-refractivity contribution in [2.24, 2.45) is 11.1 Å². The van der Waals surface area contributed by atoms with Crippen LogP contribution in [0.5, 0.6) is 0 Å². The standard InChI is InChI=1S/C65H72N9O13PS/c1-35-57(89-34-68-35)41-14-10-38(11-15-41)31-67-60(79)52-30-47(75)32-73(52)63(82)58(65(3,4)5)72-55(77)24-13-37-9-16-43-26-39(12-17-42(43)25-37)33-87-36(2)48(22-23-54(66)76)70-61(80)53-29-44-8-6-7-40-18-21-50(62(81)74(53)56(40)44)71-59(78)51-28-46-27-45(19-20-49(46)69-51)64(83)88(84,85)86/h6-12,14-17,19-20,25-28,34,36,47-48,50,52-53,58,69,75H,13,18,21-24,29-33H2,1-5H3,(H2,66,76)(H,67,79)(H,70,80)(H,71,78)(H,72,77)(H2,84,85,86)/t36-,47-,48+,50+,52+,53+,58-/m1/s1. The molecule has 10 rings (SSSR count). The maximum atomic E-state index is 14.6. The highest BCUT2D eigenvalue weighted by atomic mass is 32.1. The number of anilines is 1. The number of nitrogens with one attached hydrogen (secondary N) is 5. The molecule has 1 saturated heterocycles. The second-order valence-electron chi connectivity index (χ2n) is 24.3. The van der Waals surface area contributed by atoms with Gasteiger partial charge in [0.2, 0.25) is 35.4 Å². The number of amides is 7. The number of hydrogen-bond acceptors (Lipinski definition) is 13. The minimum atomic E-state index is -5.06. The highest BCUT2D eigenvalue weighted by molar-refractivity contribution is 7.70. The number of nitrogens with zero attached hydrogens (tertiary/aromatic N) is 3. The first-order chi connectivity index (χ1) is 42.3. The van der Waals surface area contributed by atoms with Crippen molar-refractivity contribution in [2.45, 2.75) is 142 Å². The topological polar surface area (TPSA) is 333 Å². The van der Waals surface area contributed by atoms with Gasteiger partial charge in [-0.1, -0.05) is 93.6 Å². The molecule has 10 N–H and O–H groups in total. The van der Waals surface area contributed by atoms with E-state index in [1.165, 1.54) is 34.1 Å². The predicted molar refractivity (Wildman–Crippen MR) is 334 cm³/mol. The fourth-order valence-electron chi connectivity index (χ4n) is 12.0. The molecule has 0 bridgehead atoms. The summed E-state index contributed by atoms with van der Waals surface area (Å²) in [5.41, 5.74) is 12.3. The van der Waals surface area contributed by atoms with Gasteiger partial charge in [0, 0.05) is 55.2 Å². The zero-order valence-electron chi connectivity index (χ0n) is 49.9. The number of benzene rings is 5. The lowest BCUT2D eigenvalue weighted by molar-refractivity contribution is -0.144. The van der Waals surface area contributed by atoms with Gasteiger partial charge in [-0.05, 0) is 119 Å². The van der Waals surface area contributed by atoms with Gasteiger partial charge in [-0.15, -0.1) is 11.3 Å². The normalized spacial score (nSPS) is 18.4. The van der Waals surface area contributed by atoms with Crippen molar-refractivity contribution in [1.29, 1.82) is 0 Å². The molecule has 7 aromatic rings. The van der Waals surface area contributed by atoms with Crippen molar-refractivity contribution in [2.75, 3.05) is 11.4 Å². The molecule has 2 aromatic heterocycles. The molecule has 0 saturated carbocycles. The van der Waals surface area contributed by atoms with E-state index in [0.717, 1.165) is 54.7 Å². The number of primary amides is 1. The number of carbonyl (C=O) groups excluding carboxylic acids is 8. The number of para-hydroxylation sites is 1. The minimum absolute atomic E-state index is 0.0340. The Labute approximate surface area is 517 Å². The number of aromatic amines is 1. The number of H-pyrrole nitrogens is 1. The zero-order valence-corrected chi connectivity index (χ0v) is 51.6. The van der Waals surface area contributed by atoms with Crippen molar-refractivity contribution in [3.05, 3.63) is 153 Å². The summed E-state index contributed by atoms with van der Waals surface area (Å²) in [4.78, 5) is 139. The zero-order chi connectivity index (χ0) is 63.6. The number of rotatable bonds is 22. The summed E-state index contributed by atoms with van der Waals surface area (Å²) in [5, 5.41) is 24.6. The van der Waals surface area contributed by atoms with E-state index in [1.54, 1.807) is 23.8 Å². The Morgan fingerprint density at radius 1 is 0.854 bits per heavy atom. The quantitative estimate of drug-likeness (QED) is 0.0343. The van der Waals surface area contributed by atoms with Crippen LogP contribution >= 0.6 is 18.9 Å².